The molecule has 2 atom stereocenters. The lowest BCUT2D eigenvalue weighted by Gasteiger charge is -2.40. The molecule has 12 rings (SSSR count). The number of benzene rings is 8. The standard InChI is InChI=1S/C51H36N4S2/c1-3-13-31(14-4-1)49-52-50(32-15-5-2-6-16-32)54-51(53-49)39-20-12-24-45-47(39)38-27-25-34(30-46(38)56-45)33-26-28-44-40(29-33)37-19-11-23-43(48(37)57-44)55-41-21-9-7-17-35(41)36-18-8-10-22-42(36)55/h1-30,49-54H. The number of thiophene rings is 2. The van der Waals surface area contributed by atoms with Gasteiger partial charge in [-0.1, -0.05) is 140 Å². The third-order valence-electron chi connectivity index (χ3n) is 11.7. The van der Waals surface area contributed by atoms with Crippen molar-refractivity contribution in [2.75, 3.05) is 0 Å². The molecule has 11 aromatic rings. The van der Waals surface area contributed by atoms with Crippen LogP contribution >= 0.6 is 22.7 Å². The van der Waals surface area contributed by atoms with Crippen molar-refractivity contribution in [3.8, 4) is 16.8 Å². The van der Waals surface area contributed by atoms with Crippen LogP contribution < -0.4 is 16.0 Å². The van der Waals surface area contributed by atoms with Gasteiger partial charge in [0, 0.05) is 46.4 Å². The van der Waals surface area contributed by atoms with E-state index in [9.17, 15) is 0 Å². The molecule has 1 aliphatic rings. The molecule has 57 heavy (non-hydrogen) atoms. The summed E-state index contributed by atoms with van der Waals surface area (Å²) in [4.78, 5) is 0. The summed E-state index contributed by atoms with van der Waals surface area (Å²) >= 11 is 3.77. The van der Waals surface area contributed by atoms with Crippen LogP contribution in [0.25, 0.3) is 79.0 Å². The van der Waals surface area contributed by atoms with Crippen LogP contribution in [0.4, 0.5) is 0 Å². The van der Waals surface area contributed by atoms with Crippen molar-refractivity contribution in [3.63, 3.8) is 0 Å². The molecule has 2 unspecified atom stereocenters. The van der Waals surface area contributed by atoms with E-state index in [1.54, 1.807) is 0 Å². The zero-order valence-corrected chi connectivity index (χ0v) is 32.4. The normalized spacial score (nSPS) is 17.4. The predicted octanol–water partition coefficient (Wildman–Crippen LogP) is 13.4. The van der Waals surface area contributed by atoms with Gasteiger partial charge < -0.3 is 4.57 Å². The highest BCUT2D eigenvalue weighted by Gasteiger charge is 2.31. The van der Waals surface area contributed by atoms with Crippen molar-refractivity contribution >= 4 is 84.8 Å². The molecule has 4 nitrogen and oxygen atoms in total. The van der Waals surface area contributed by atoms with Gasteiger partial charge in [-0.3, -0.25) is 16.0 Å². The molecular weight excluding hydrogens is 733 g/mol. The lowest BCUT2D eigenvalue weighted by molar-refractivity contribution is 0.204. The molecule has 0 bridgehead atoms. The summed E-state index contributed by atoms with van der Waals surface area (Å²) in [7, 11) is 0. The molecule has 272 valence electrons. The average Bonchev–Trinajstić information content (AvgIpc) is 3.96. The minimum absolute atomic E-state index is 0.0180. The molecule has 0 amide bonds. The van der Waals surface area contributed by atoms with Crippen LogP contribution in [0.2, 0.25) is 0 Å². The highest BCUT2D eigenvalue weighted by atomic mass is 32.1. The summed E-state index contributed by atoms with van der Waals surface area (Å²) in [5.74, 6) is 0. The number of rotatable bonds is 5. The van der Waals surface area contributed by atoms with Gasteiger partial charge in [0.15, 0.2) is 0 Å². The van der Waals surface area contributed by atoms with E-state index in [0.717, 1.165) is 0 Å². The molecule has 0 saturated carbocycles. The van der Waals surface area contributed by atoms with Gasteiger partial charge in [-0.15, -0.1) is 22.7 Å². The van der Waals surface area contributed by atoms with Crippen molar-refractivity contribution in [1.82, 2.24) is 20.5 Å². The smallest absolute Gasteiger partial charge is 0.0871 e. The summed E-state index contributed by atoms with van der Waals surface area (Å²) in [6, 6.07) is 66.5. The van der Waals surface area contributed by atoms with Gasteiger partial charge in [0.05, 0.1) is 39.9 Å². The number of hydrogen-bond acceptors (Lipinski definition) is 5. The van der Waals surface area contributed by atoms with E-state index in [4.69, 9.17) is 0 Å². The SMILES string of the molecule is c1ccc(C2NC(c3ccccc3)NC(c3cccc4sc5cc(-c6ccc7sc8c(-n9c%10ccccc%10c%10ccccc%109)cccc8c7c6)ccc5c34)N2)cc1. The van der Waals surface area contributed by atoms with Crippen LogP contribution in [0.3, 0.4) is 0 Å². The summed E-state index contributed by atoms with van der Waals surface area (Å²) in [5, 5.41) is 19.4. The molecule has 8 aromatic carbocycles. The Bertz CT molecular complexity index is 3210. The number of nitrogens with one attached hydrogen (secondary N) is 3. The molecule has 1 fully saturated rings. The summed E-state index contributed by atoms with van der Waals surface area (Å²) in [6.45, 7) is 0. The van der Waals surface area contributed by atoms with Crippen LogP contribution in [0.15, 0.2) is 182 Å². The van der Waals surface area contributed by atoms with Gasteiger partial charge in [-0.25, -0.2) is 0 Å². The van der Waals surface area contributed by atoms with Crippen LogP contribution in [-0.2, 0) is 0 Å². The van der Waals surface area contributed by atoms with E-state index >= 15 is 0 Å². The van der Waals surface area contributed by atoms with Crippen LogP contribution in [-0.4, -0.2) is 4.57 Å². The summed E-state index contributed by atoms with van der Waals surface area (Å²) in [5.41, 5.74) is 9.89. The van der Waals surface area contributed by atoms with E-state index in [1.165, 1.54) is 95.7 Å². The first kappa shape index (κ1) is 33.1. The largest absolute Gasteiger partial charge is 0.308 e. The predicted molar refractivity (Wildman–Crippen MR) is 243 cm³/mol. The molecule has 3 N–H and O–H groups in total. The second-order valence-electron chi connectivity index (χ2n) is 15.0. The van der Waals surface area contributed by atoms with Crippen molar-refractivity contribution in [3.05, 3.63) is 199 Å². The number of fused-ring (bicyclic) bond motifs is 9. The minimum Gasteiger partial charge on any atom is -0.308 e. The van der Waals surface area contributed by atoms with E-state index < -0.39 is 0 Å². The minimum atomic E-state index is -0.0653. The Hall–Kier alpha value is -6.12. The maximum atomic E-state index is 3.91. The van der Waals surface area contributed by atoms with Crippen molar-refractivity contribution in [2.24, 2.45) is 0 Å². The van der Waals surface area contributed by atoms with Crippen LogP contribution in [0.5, 0.6) is 0 Å². The molecule has 4 heterocycles. The highest BCUT2D eigenvalue weighted by Crippen LogP contribution is 2.44. The maximum absolute atomic E-state index is 3.91. The number of para-hydroxylation sites is 2. The van der Waals surface area contributed by atoms with Crippen LogP contribution in [0, 0.1) is 0 Å². The average molecular weight is 769 g/mol. The Labute approximate surface area is 337 Å². The van der Waals surface area contributed by atoms with E-state index in [0.29, 0.717) is 0 Å². The molecule has 3 aromatic heterocycles. The first-order valence-corrected chi connectivity index (χ1v) is 21.2. The molecule has 1 aliphatic heterocycles. The van der Waals surface area contributed by atoms with Gasteiger partial charge in [0.25, 0.3) is 0 Å². The fourth-order valence-electron chi connectivity index (χ4n) is 9.09. The van der Waals surface area contributed by atoms with Gasteiger partial charge in [-0.05, 0) is 70.3 Å². The second kappa shape index (κ2) is 13.2. The van der Waals surface area contributed by atoms with E-state index in [-0.39, 0.29) is 18.5 Å². The third kappa shape index (κ3) is 5.37. The monoisotopic (exact) mass is 768 g/mol. The Kier molecular flexibility index (Phi) is 7.68. The Morgan fingerprint density at radius 3 is 1.70 bits per heavy atom. The zero-order valence-electron chi connectivity index (χ0n) is 30.8. The van der Waals surface area contributed by atoms with E-state index in [1.807, 2.05) is 22.7 Å². The maximum Gasteiger partial charge on any atom is 0.0871 e. The van der Waals surface area contributed by atoms with E-state index in [2.05, 4.69) is 203 Å². The fraction of sp³-hybridized carbons (Fsp3) is 0.0588. The second-order valence-corrected chi connectivity index (χ2v) is 17.1. The third-order valence-corrected chi connectivity index (χ3v) is 14.1. The Morgan fingerprint density at radius 2 is 0.982 bits per heavy atom. The first-order valence-electron chi connectivity index (χ1n) is 19.5. The Balaban J connectivity index is 0.945. The van der Waals surface area contributed by atoms with Gasteiger partial charge in [-0.2, -0.15) is 0 Å². The highest BCUT2D eigenvalue weighted by molar-refractivity contribution is 7.26. The van der Waals surface area contributed by atoms with Gasteiger partial charge in [0.1, 0.15) is 0 Å². The summed E-state index contributed by atoms with van der Waals surface area (Å²) < 4.78 is 7.66. The first-order chi connectivity index (χ1) is 28.2. The summed E-state index contributed by atoms with van der Waals surface area (Å²) in [6.07, 6.45) is -0.101. The molecule has 0 radical (unpaired) electrons. The molecular formula is C51H36N4S2. The van der Waals surface area contributed by atoms with Gasteiger partial charge >= 0.3 is 0 Å². The molecule has 6 heteroatoms. The quantitative estimate of drug-likeness (QED) is 0.163. The Morgan fingerprint density at radius 1 is 0.386 bits per heavy atom. The van der Waals surface area contributed by atoms with Gasteiger partial charge in [0.2, 0.25) is 0 Å². The number of aromatic nitrogens is 1. The molecule has 0 aliphatic carbocycles. The lowest BCUT2D eigenvalue weighted by atomic mass is 9.98. The zero-order chi connectivity index (χ0) is 37.5. The fourth-order valence-corrected chi connectivity index (χ4v) is 11.5. The van der Waals surface area contributed by atoms with Crippen LogP contribution in [0.1, 0.15) is 35.2 Å². The number of nitrogens with zero attached hydrogens (tertiary/aromatic N) is 1. The topological polar surface area (TPSA) is 41.0 Å². The molecule has 0 spiro atoms. The van der Waals surface area contributed by atoms with Crippen molar-refractivity contribution < 1.29 is 0 Å². The van der Waals surface area contributed by atoms with Crippen molar-refractivity contribution in [1.29, 1.82) is 0 Å². The lowest BCUT2D eigenvalue weighted by Crippen LogP contribution is -2.54. The molecule has 1 saturated heterocycles. The van der Waals surface area contributed by atoms with Crippen molar-refractivity contribution in [2.45, 2.75) is 18.5 Å². The number of hydrogen-bond donors (Lipinski definition) is 3.